The van der Waals surface area contributed by atoms with Crippen molar-refractivity contribution in [1.82, 2.24) is 4.98 Å². The summed E-state index contributed by atoms with van der Waals surface area (Å²) in [4.78, 5) is 6.55. The summed E-state index contributed by atoms with van der Waals surface area (Å²) in [6.07, 6.45) is 2.11. The van der Waals surface area contributed by atoms with Crippen molar-refractivity contribution in [1.29, 1.82) is 0 Å². The van der Waals surface area contributed by atoms with Gasteiger partial charge in [0, 0.05) is 18.8 Å². The number of benzene rings is 1. The first kappa shape index (κ1) is 11.3. The minimum absolute atomic E-state index is 0.420. The number of aromatic nitrogens is 1. The van der Waals surface area contributed by atoms with Crippen LogP contribution in [0.2, 0.25) is 0 Å². The van der Waals surface area contributed by atoms with Crippen molar-refractivity contribution in [2.75, 3.05) is 24.0 Å². The van der Waals surface area contributed by atoms with Crippen LogP contribution in [0.4, 0.5) is 6.01 Å². The summed E-state index contributed by atoms with van der Waals surface area (Å²) in [5.41, 5.74) is 1.77. The van der Waals surface area contributed by atoms with Crippen molar-refractivity contribution < 1.29 is 4.42 Å². The number of oxazole rings is 1. The lowest BCUT2D eigenvalue weighted by Gasteiger charge is -2.21. The summed E-state index contributed by atoms with van der Waals surface area (Å²) in [6, 6.07) is 8.96. The quantitative estimate of drug-likeness (QED) is 0.816. The Kier molecular flexibility index (Phi) is 3.39. The summed E-state index contributed by atoms with van der Waals surface area (Å²) < 4.78 is 5.70. The van der Waals surface area contributed by atoms with Gasteiger partial charge in [0.25, 0.3) is 6.01 Å². The van der Waals surface area contributed by atoms with E-state index in [2.05, 4.69) is 23.1 Å². The van der Waals surface area contributed by atoms with Crippen molar-refractivity contribution in [3.05, 3.63) is 24.3 Å². The molecule has 0 spiro atoms. The SMILES string of the molecule is CSCC(C)N(C)c1nc2ccccc2o1. The molecule has 0 saturated heterocycles. The third kappa shape index (κ3) is 2.16. The monoisotopic (exact) mass is 236 g/mol. The minimum atomic E-state index is 0.420. The second-order valence-corrected chi connectivity index (χ2v) is 4.79. The molecule has 1 aromatic carbocycles. The van der Waals surface area contributed by atoms with Gasteiger partial charge in [0.05, 0.1) is 0 Å². The molecule has 3 nitrogen and oxygen atoms in total. The molecule has 16 heavy (non-hydrogen) atoms. The highest BCUT2D eigenvalue weighted by atomic mass is 32.2. The molecule has 0 aliphatic carbocycles. The molecule has 0 radical (unpaired) electrons. The fourth-order valence-electron chi connectivity index (χ4n) is 1.55. The molecule has 2 rings (SSSR count). The zero-order valence-corrected chi connectivity index (χ0v) is 10.6. The zero-order chi connectivity index (χ0) is 11.5. The number of fused-ring (bicyclic) bond motifs is 1. The van der Waals surface area contributed by atoms with Gasteiger partial charge in [-0.15, -0.1) is 0 Å². The first-order valence-corrected chi connectivity index (χ1v) is 6.69. The first-order chi connectivity index (χ1) is 7.72. The van der Waals surface area contributed by atoms with E-state index < -0.39 is 0 Å². The van der Waals surface area contributed by atoms with E-state index in [0.717, 1.165) is 16.9 Å². The molecule has 1 aromatic heterocycles. The Morgan fingerprint density at radius 3 is 2.88 bits per heavy atom. The van der Waals surface area contributed by atoms with Crippen molar-refractivity contribution >= 4 is 28.9 Å². The topological polar surface area (TPSA) is 29.3 Å². The lowest BCUT2D eigenvalue weighted by Crippen LogP contribution is -2.30. The molecule has 0 N–H and O–H groups in total. The zero-order valence-electron chi connectivity index (χ0n) is 9.80. The number of para-hydroxylation sites is 2. The third-order valence-corrected chi connectivity index (χ3v) is 3.47. The lowest BCUT2D eigenvalue weighted by atomic mass is 10.3. The van der Waals surface area contributed by atoms with Crippen molar-refractivity contribution in [2.45, 2.75) is 13.0 Å². The third-order valence-electron chi connectivity index (χ3n) is 2.65. The van der Waals surface area contributed by atoms with E-state index >= 15 is 0 Å². The maximum atomic E-state index is 5.70. The van der Waals surface area contributed by atoms with E-state index in [1.54, 1.807) is 0 Å². The summed E-state index contributed by atoms with van der Waals surface area (Å²) in [5.74, 6) is 1.06. The number of nitrogens with zero attached hydrogens (tertiary/aromatic N) is 2. The van der Waals surface area contributed by atoms with Crippen LogP contribution in [-0.4, -0.2) is 30.1 Å². The Hall–Kier alpha value is -1.16. The van der Waals surface area contributed by atoms with E-state index in [-0.39, 0.29) is 0 Å². The van der Waals surface area contributed by atoms with E-state index in [4.69, 9.17) is 4.42 Å². The summed E-state index contributed by atoms with van der Waals surface area (Å²) in [5, 5.41) is 0. The Morgan fingerprint density at radius 2 is 2.19 bits per heavy atom. The fourth-order valence-corrected chi connectivity index (χ4v) is 2.26. The van der Waals surface area contributed by atoms with Gasteiger partial charge in [0.1, 0.15) is 5.52 Å². The lowest BCUT2D eigenvalue weighted by molar-refractivity contribution is 0.563. The molecular formula is C12H16N2OS. The number of hydrogen-bond donors (Lipinski definition) is 0. The second-order valence-electron chi connectivity index (χ2n) is 3.88. The van der Waals surface area contributed by atoms with Crippen LogP contribution in [0.1, 0.15) is 6.92 Å². The van der Waals surface area contributed by atoms with E-state index in [0.29, 0.717) is 12.1 Å². The molecule has 0 saturated carbocycles. The Labute approximate surface area is 99.8 Å². The molecule has 0 amide bonds. The number of anilines is 1. The van der Waals surface area contributed by atoms with E-state index in [1.807, 2.05) is 43.1 Å². The molecule has 0 fully saturated rings. The Bertz CT molecular complexity index is 436. The van der Waals surface area contributed by atoms with Gasteiger partial charge in [-0.3, -0.25) is 0 Å². The molecule has 1 unspecified atom stereocenters. The molecular weight excluding hydrogens is 220 g/mol. The van der Waals surface area contributed by atoms with Gasteiger partial charge in [-0.1, -0.05) is 12.1 Å². The number of hydrogen-bond acceptors (Lipinski definition) is 4. The van der Waals surface area contributed by atoms with Crippen LogP contribution in [0.5, 0.6) is 0 Å². The summed E-state index contributed by atoms with van der Waals surface area (Å²) in [7, 11) is 2.02. The molecule has 1 atom stereocenters. The van der Waals surface area contributed by atoms with Crippen LogP contribution in [0, 0.1) is 0 Å². The highest BCUT2D eigenvalue weighted by Crippen LogP contribution is 2.22. The molecule has 86 valence electrons. The molecule has 4 heteroatoms. The van der Waals surface area contributed by atoms with E-state index in [1.165, 1.54) is 0 Å². The summed E-state index contributed by atoms with van der Waals surface area (Å²) >= 11 is 1.83. The second kappa shape index (κ2) is 4.78. The van der Waals surface area contributed by atoms with Gasteiger partial charge in [-0.05, 0) is 25.3 Å². The average molecular weight is 236 g/mol. The van der Waals surface area contributed by atoms with Crippen LogP contribution in [0.15, 0.2) is 28.7 Å². The number of thioether (sulfide) groups is 1. The predicted molar refractivity (Wildman–Crippen MR) is 70.3 cm³/mol. The number of rotatable bonds is 4. The molecule has 0 aliphatic heterocycles. The summed E-state index contributed by atoms with van der Waals surface area (Å²) in [6.45, 7) is 2.17. The van der Waals surface area contributed by atoms with Crippen LogP contribution in [-0.2, 0) is 0 Å². The maximum absolute atomic E-state index is 5.70. The fraction of sp³-hybridized carbons (Fsp3) is 0.417. The van der Waals surface area contributed by atoms with Gasteiger partial charge in [-0.2, -0.15) is 16.7 Å². The van der Waals surface area contributed by atoms with Gasteiger partial charge >= 0.3 is 0 Å². The van der Waals surface area contributed by atoms with Crippen LogP contribution in [0.25, 0.3) is 11.1 Å². The first-order valence-electron chi connectivity index (χ1n) is 5.29. The van der Waals surface area contributed by atoms with Gasteiger partial charge in [-0.25, -0.2) is 0 Å². The van der Waals surface area contributed by atoms with Gasteiger partial charge in [0.2, 0.25) is 0 Å². The van der Waals surface area contributed by atoms with Crippen molar-refractivity contribution in [2.24, 2.45) is 0 Å². The molecule has 0 aliphatic rings. The van der Waals surface area contributed by atoms with Gasteiger partial charge < -0.3 is 9.32 Å². The van der Waals surface area contributed by atoms with Gasteiger partial charge in [0.15, 0.2) is 5.58 Å². The Balaban J connectivity index is 2.26. The molecule has 0 bridgehead atoms. The molecule has 1 heterocycles. The average Bonchev–Trinajstić information content (AvgIpc) is 2.71. The van der Waals surface area contributed by atoms with Crippen molar-refractivity contribution in [3.63, 3.8) is 0 Å². The standard InChI is InChI=1S/C12H16N2OS/c1-9(8-16-3)14(2)12-13-10-6-4-5-7-11(10)15-12/h4-7,9H,8H2,1-3H3. The van der Waals surface area contributed by atoms with Crippen LogP contribution >= 0.6 is 11.8 Å². The highest BCUT2D eigenvalue weighted by Gasteiger charge is 2.15. The minimum Gasteiger partial charge on any atom is -0.423 e. The Morgan fingerprint density at radius 1 is 1.44 bits per heavy atom. The normalized spacial score (nSPS) is 12.9. The van der Waals surface area contributed by atoms with Crippen LogP contribution in [0.3, 0.4) is 0 Å². The maximum Gasteiger partial charge on any atom is 0.298 e. The van der Waals surface area contributed by atoms with Crippen molar-refractivity contribution in [3.8, 4) is 0 Å². The highest BCUT2D eigenvalue weighted by molar-refractivity contribution is 7.98. The largest absolute Gasteiger partial charge is 0.423 e. The predicted octanol–water partition coefficient (Wildman–Crippen LogP) is 3.02. The smallest absolute Gasteiger partial charge is 0.298 e. The van der Waals surface area contributed by atoms with E-state index in [9.17, 15) is 0 Å². The van der Waals surface area contributed by atoms with Crippen LogP contribution < -0.4 is 4.90 Å². The molecule has 2 aromatic rings.